The third kappa shape index (κ3) is 4.67. The van der Waals surface area contributed by atoms with Crippen LogP contribution in [0.2, 0.25) is 0 Å². The summed E-state index contributed by atoms with van der Waals surface area (Å²) < 4.78 is 6.23. The van der Waals surface area contributed by atoms with Crippen LogP contribution in [-0.4, -0.2) is 70.6 Å². The lowest BCUT2D eigenvalue weighted by molar-refractivity contribution is -0.131. The molecule has 3 rings (SSSR count). The zero-order chi connectivity index (χ0) is 21.8. The van der Waals surface area contributed by atoms with Crippen LogP contribution in [-0.2, 0) is 4.79 Å². The molecule has 3 atom stereocenters. The Morgan fingerprint density at radius 2 is 2.23 bits per heavy atom. The number of nitrogens with zero attached hydrogens (tertiary/aromatic N) is 3. The molecule has 0 saturated carbocycles. The number of rotatable bonds is 6. The first kappa shape index (κ1) is 22.3. The van der Waals surface area contributed by atoms with Crippen molar-refractivity contribution in [3.8, 4) is 5.88 Å². The van der Waals surface area contributed by atoms with E-state index in [1.807, 2.05) is 26.8 Å². The maximum atomic E-state index is 13.4. The van der Waals surface area contributed by atoms with Gasteiger partial charge in [0.05, 0.1) is 19.2 Å². The summed E-state index contributed by atoms with van der Waals surface area (Å²) in [6.07, 6.45) is 7.22. The van der Waals surface area contributed by atoms with Gasteiger partial charge in [-0.3, -0.25) is 9.59 Å². The van der Waals surface area contributed by atoms with E-state index in [1.54, 1.807) is 23.0 Å². The fraction of sp³-hybridized carbons (Fsp3) is 0.609. The average Bonchev–Trinajstić information content (AvgIpc) is 3.29. The molecule has 2 amide bonds. The molecule has 2 aliphatic rings. The number of aliphatic hydroxyl groups excluding tert-OH is 1. The highest BCUT2D eigenvalue weighted by Crippen LogP contribution is 2.32. The summed E-state index contributed by atoms with van der Waals surface area (Å²) in [4.78, 5) is 33.4. The number of hydrogen-bond acceptors (Lipinski definition) is 5. The first-order valence-electron chi connectivity index (χ1n) is 10.9. The van der Waals surface area contributed by atoms with Gasteiger partial charge in [-0.05, 0) is 43.4 Å². The number of ether oxygens (including phenoxy) is 1. The number of likely N-dealkylation sites (N-methyl/N-ethyl adjacent to an activating group) is 1. The smallest absolute Gasteiger partial charge is 0.259 e. The largest absolute Gasteiger partial charge is 0.472 e. The minimum Gasteiger partial charge on any atom is -0.472 e. The minimum absolute atomic E-state index is 0.0396. The Labute approximate surface area is 178 Å². The Hall–Kier alpha value is -2.41. The quantitative estimate of drug-likeness (QED) is 0.772. The molecule has 0 fully saturated rings. The first-order chi connectivity index (χ1) is 14.3. The van der Waals surface area contributed by atoms with Gasteiger partial charge in [0, 0.05) is 32.1 Å². The van der Waals surface area contributed by atoms with E-state index in [0.29, 0.717) is 31.0 Å². The Balaban J connectivity index is 1.99. The lowest BCUT2D eigenvalue weighted by Crippen LogP contribution is -2.50. The Kier molecular flexibility index (Phi) is 7.13. The van der Waals surface area contributed by atoms with Crippen LogP contribution in [0.25, 0.3) is 5.57 Å². The molecule has 1 aliphatic carbocycles. The van der Waals surface area contributed by atoms with Gasteiger partial charge in [0.2, 0.25) is 11.8 Å². The number of carbonyl (C=O) groups excluding carboxylic acids is 2. The third-order valence-corrected chi connectivity index (χ3v) is 6.11. The summed E-state index contributed by atoms with van der Waals surface area (Å²) in [5, 5.41) is 9.74. The zero-order valence-corrected chi connectivity index (χ0v) is 18.4. The van der Waals surface area contributed by atoms with E-state index in [-0.39, 0.29) is 36.5 Å². The van der Waals surface area contributed by atoms with Crippen LogP contribution in [0, 0.1) is 5.92 Å². The summed E-state index contributed by atoms with van der Waals surface area (Å²) in [5.74, 6) is 0.123. The topological polar surface area (TPSA) is 83.0 Å². The van der Waals surface area contributed by atoms with E-state index in [1.165, 1.54) is 5.57 Å². The predicted octanol–water partition coefficient (Wildman–Crippen LogP) is 2.74. The molecule has 1 aliphatic heterocycles. The third-order valence-electron chi connectivity index (χ3n) is 6.11. The first-order valence-corrected chi connectivity index (χ1v) is 10.9. The van der Waals surface area contributed by atoms with Gasteiger partial charge < -0.3 is 19.6 Å². The molecule has 0 saturated heterocycles. The van der Waals surface area contributed by atoms with Crippen molar-refractivity contribution in [2.75, 3.05) is 26.7 Å². The zero-order valence-electron chi connectivity index (χ0n) is 18.4. The number of allylic oxidation sites excluding steroid dienone is 2. The van der Waals surface area contributed by atoms with Gasteiger partial charge >= 0.3 is 0 Å². The van der Waals surface area contributed by atoms with Crippen LogP contribution in [0.5, 0.6) is 5.88 Å². The average molecular weight is 416 g/mol. The van der Waals surface area contributed by atoms with E-state index in [9.17, 15) is 14.7 Å². The van der Waals surface area contributed by atoms with Crippen LogP contribution in [0.15, 0.2) is 18.3 Å². The van der Waals surface area contributed by atoms with Gasteiger partial charge in [0.1, 0.15) is 11.7 Å². The number of aromatic nitrogens is 1. The van der Waals surface area contributed by atoms with E-state index in [0.717, 1.165) is 24.8 Å². The van der Waals surface area contributed by atoms with E-state index >= 15 is 0 Å². The summed E-state index contributed by atoms with van der Waals surface area (Å²) >= 11 is 0. The molecule has 0 unspecified atom stereocenters. The van der Waals surface area contributed by atoms with E-state index in [2.05, 4.69) is 11.1 Å². The molecule has 0 bridgehead atoms. The highest BCUT2D eigenvalue weighted by Gasteiger charge is 2.34. The van der Waals surface area contributed by atoms with Gasteiger partial charge in [-0.1, -0.05) is 19.9 Å². The van der Waals surface area contributed by atoms with E-state index in [4.69, 9.17) is 4.74 Å². The van der Waals surface area contributed by atoms with Crippen molar-refractivity contribution in [2.45, 2.75) is 58.6 Å². The SMILES string of the molecule is CCC(=O)N(C)C[C@@H]1Oc2ncc(C3=CCCC3)cc2C(=O)N([C@@H](C)CO)C[C@@H]1C. The van der Waals surface area contributed by atoms with Crippen LogP contribution in [0.1, 0.15) is 62.4 Å². The van der Waals surface area contributed by atoms with Crippen molar-refractivity contribution in [3.05, 3.63) is 29.5 Å². The molecule has 1 N–H and O–H groups in total. The fourth-order valence-corrected chi connectivity index (χ4v) is 4.07. The second kappa shape index (κ2) is 9.60. The van der Waals surface area contributed by atoms with Crippen molar-refractivity contribution in [1.82, 2.24) is 14.8 Å². The van der Waals surface area contributed by atoms with Crippen LogP contribution >= 0.6 is 0 Å². The number of amides is 2. The molecule has 7 heteroatoms. The van der Waals surface area contributed by atoms with Crippen molar-refractivity contribution >= 4 is 17.4 Å². The predicted molar refractivity (Wildman–Crippen MR) is 115 cm³/mol. The van der Waals surface area contributed by atoms with Crippen molar-refractivity contribution in [2.24, 2.45) is 5.92 Å². The van der Waals surface area contributed by atoms with Crippen molar-refractivity contribution in [1.29, 1.82) is 0 Å². The number of aliphatic hydroxyl groups is 1. The minimum atomic E-state index is -0.323. The molecule has 0 spiro atoms. The van der Waals surface area contributed by atoms with Gasteiger partial charge in [-0.2, -0.15) is 0 Å². The maximum absolute atomic E-state index is 13.4. The molecule has 1 aromatic heterocycles. The molecular formula is C23H33N3O4. The highest BCUT2D eigenvalue weighted by atomic mass is 16.5. The summed E-state index contributed by atoms with van der Waals surface area (Å²) in [6.45, 7) is 6.41. The number of hydrogen-bond donors (Lipinski definition) is 1. The summed E-state index contributed by atoms with van der Waals surface area (Å²) in [7, 11) is 1.77. The maximum Gasteiger partial charge on any atom is 0.259 e. The van der Waals surface area contributed by atoms with Gasteiger partial charge in [0.15, 0.2) is 0 Å². The molecule has 30 heavy (non-hydrogen) atoms. The number of carbonyl (C=O) groups is 2. The van der Waals surface area contributed by atoms with Crippen LogP contribution in [0.3, 0.4) is 0 Å². The second-order valence-electron chi connectivity index (χ2n) is 8.45. The molecule has 1 aromatic rings. The molecule has 0 aromatic carbocycles. The Bertz CT molecular complexity index is 823. The van der Waals surface area contributed by atoms with Crippen molar-refractivity contribution in [3.63, 3.8) is 0 Å². The molecular weight excluding hydrogens is 382 g/mol. The fourth-order valence-electron chi connectivity index (χ4n) is 4.07. The monoisotopic (exact) mass is 415 g/mol. The van der Waals surface area contributed by atoms with Gasteiger partial charge in [-0.15, -0.1) is 0 Å². The molecule has 2 heterocycles. The molecule has 7 nitrogen and oxygen atoms in total. The van der Waals surface area contributed by atoms with Crippen LogP contribution in [0.4, 0.5) is 0 Å². The van der Waals surface area contributed by atoms with Gasteiger partial charge in [-0.25, -0.2) is 4.98 Å². The van der Waals surface area contributed by atoms with Crippen LogP contribution < -0.4 is 4.74 Å². The van der Waals surface area contributed by atoms with Crippen molar-refractivity contribution < 1.29 is 19.4 Å². The second-order valence-corrected chi connectivity index (χ2v) is 8.45. The number of pyridine rings is 1. The lowest BCUT2D eigenvalue weighted by Gasteiger charge is -2.37. The highest BCUT2D eigenvalue weighted by molar-refractivity contribution is 5.97. The molecule has 164 valence electrons. The van der Waals surface area contributed by atoms with Gasteiger partial charge in [0.25, 0.3) is 5.91 Å². The summed E-state index contributed by atoms with van der Waals surface area (Å²) in [5.41, 5.74) is 2.57. The lowest BCUT2D eigenvalue weighted by atomic mass is 9.99. The standard InChI is InChI=1S/C23H33N3O4/c1-5-21(28)25(4)13-20-15(2)12-26(16(3)14-27)23(29)19-10-18(11-24-22(19)30-20)17-8-6-7-9-17/h8,10-11,15-16,20,27H,5-7,9,12-14H2,1-4H3/t15-,16-,20-/m0/s1. The normalized spacial score (nSPS) is 22.5. The Morgan fingerprint density at radius 3 is 2.87 bits per heavy atom. The Morgan fingerprint density at radius 1 is 1.47 bits per heavy atom. The summed E-state index contributed by atoms with van der Waals surface area (Å²) in [6, 6.07) is 1.54. The molecule has 0 radical (unpaired) electrons. The number of fused-ring (bicyclic) bond motifs is 1. The van der Waals surface area contributed by atoms with E-state index < -0.39 is 0 Å².